The van der Waals surface area contributed by atoms with Gasteiger partial charge in [-0.25, -0.2) is 4.79 Å². The molecule has 6 heteroatoms. The van der Waals surface area contributed by atoms with Crippen LogP contribution in [-0.4, -0.2) is 72.5 Å². The number of carbonyl (C=O) groups is 2. The molecule has 0 atom stereocenters. The SMILES string of the molecule is O=C(CN1CCCC2(CCCC2)C1)N1CCN(C(=O)Nc2ccccc2)CC1. The molecule has 1 aromatic rings. The Morgan fingerprint density at radius 2 is 1.50 bits per heavy atom. The van der Waals surface area contributed by atoms with Crippen LogP contribution in [0.15, 0.2) is 30.3 Å². The molecule has 0 unspecified atom stereocenters. The van der Waals surface area contributed by atoms with Gasteiger partial charge in [-0.3, -0.25) is 9.69 Å². The van der Waals surface area contributed by atoms with Gasteiger partial charge in [0, 0.05) is 38.4 Å². The van der Waals surface area contributed by atoms with Gasteiger partial charge in [-0.05, 0) is 49.8 Å². The van der Waals surface area contributed by atoms with Gasteiger partial charge in [-0.2, -0.15) is 0 Å². The fraction of sp³-hybridized carbons (Fsp3) is 0.636. The molecule has 3 fully saturated rings. The predicted molar refractivity (Wildman–Crippen MR) is 110 cm³/mol. The van der Waals surface area contributed by atoms with E-state index in [0.29, 0.717) is 38.1 Å². The Balaban J connectivity index is 1.23. The van der Waals surface area contributed by atoms with Crippen LogP contribution in [-0.2, 0) is 4.79 Å². The van der Waals surface area contributed by atoms with Crippen LogP contribution in [0.5, 0.6) is 0 Å². The number of likely N-dealkylation sites (tertiary alicyclic amines) is 1. The number of benzene rings is 1. The molecule has 0 radical (unpaired) electrons. The van der Waals surface area contributed by atoms with E-state index in [2.05, 4.69) is 10.2 Å². The molecule has 1 aliphatic carbocycles. The summed E-state index contributed by atoms with van der Waals surface area (Å²) in [6, 6.07) is 9.42. The zero-order valence-electron chi connectivity index (χ0n) is 16.7. The van der Waals surface area contributed by atoms with E-state index < -0.39 is 0 Å². The Bertz CT molecular complexity index is 679. The van der Waals surface area contributed by atoms with E-state index >= 15 is 0 Å². The van der Waals surface area contributed by atoms with Gasteiger partial charge in [0.1, 0.15) is 0 Å². The van der Waals surface area contributed by atoms with Crippen molar-refractivity contribution in [3.05, 3.63) is 30.3 Å². The number of nitrogens with zero attached hydrogens (tertiary/aromatic N) is 3. The van der Waals surface area contributed by atoms with Crippen molar-refractivity contribution in [2.45, 2.75) is 38.5 Å². The van der Waals surface area contributed by atoms with Crippen LogP contribution < -0.4 is 5.32 Å². The van der Waals surface area contributed by atoms with Crippen molar-refractivity contribution in [2.75, 3.05) is 51.1 Å². The number of hydrogen-bond acceptors (Lipinski definition) is 3. The highest BCUT2D eigenvalue weighted by molar-refractivity contribution is 5.89. The third-order valence-corrected chi connectivity index (χ3v) is 6.71. The third kappa shape index (κ3) is 4.49. The molecule has 6 nitrogen and oxygen atoms in total. The van der Waals surface area contributed by atoms with Gasteiger partial charge in [0.05, 0.1) is 6.54 Å². The van der Waals surface area contributed by atoms with Gasteiger partial charge < -0.3 is 15.1 Å². The van der Waals surface area contributed by atoms with Gasteiger partial charge in [-0.1, -0.05) is 31.0 Å². The molecule has 1 N–H and O–H groups in total. The maximum Gasteiger partial charge on any atom is 0.321 e. The molecule has 3 aliphatic rings. The number of amides is 3. The normalized spacial score (nSPS) is 22.4. The molecule has 152 valence electrons. The van der Waals surface area contributed by atoms with Crippen LogP contribution in [0.2, 0.25) is 0 Å². The summed E-state index contributed by atoms with van der Waals surface area (Å²) in [7, 11) is 0. The maximum atomic E-state index is 12.8. The average molecular weight is 385 g/mol. The van der Waals surface area contributed by atoms with E-state index in [1.54, 1.807) is 4.90 Å². The summed E-state index contributed by atoms with van der Waals surface area (Å²) in [5.41, 5.74) is 1.30. The summed E-state index contributed by atoms with van der Waals surface area (Å²) >= 11 is 0. The lowest BCUT2D eigenvalue weighted by Crippen LogP contribution is -2.54. The number of urea groups is 1. The number of carbonyl (C=O) groups excluding carboxylic acids is 2. The second-order valence-electron chi connectivity index (χ2n) is 8.69. The Kier molecular flexibility index (Phi) is 5.85. The first kappa shape index (κ1) is 19.2. The lowest BCUT2D eigenvalue weighted by Gasteiger charge is -2.41. The third-order valence-electron chi connectivity index (χ3n) is 6.71. The highest BCUT2D eigenvalue weighted by atomic mass is 16.2. The van der Waals surface area contributed by atoms with Crippen LogP contribution in [0.3, 0.4) is 0 Å². The maximum absolute atomic E-state index is 12.8. The number of anilines is 1. The topological polar surface area (TPSA) is 55.9 Å². The van der Waals surface area contributed by atoms with Crippen molar-refractivity contribution in [3.8, 4) is 0 Å². The van der Waals surface area contributed by atoms with Gasteiger partial charge in [-0.15, -0.1) is 0 Å². The van der Waals surface area contributed by atoms with Crippen molar-refractivity contribution in [1.82, 2.24) is 14.7 Å². The fourth-order valence-corrected chi connectivity index (χ4v) is 5.15. The van der Waals surface area contributed by atoms with Gasteiger partial charge in [0.2, 0.25) is 5.91 Å². The van der Waals surface area contributed by atoms with Crippen molar-refractivity contribution in [2.24, 2.45) is 5.41 Å². The fourth-order valence-electron chi connectivity index (χ4n) is 5.15. The molecule has 0 aromatic heterocycles. The highest BCUT2D eigenvalue weighted by Crippen LogP contribution is 2.44. The van der Waals surface area contributed by atoms with Gasteiger partial charge in [0.15, 0.2) is 0 Å². The van der Waals surface area contributed by atoms with Crippen molar-refractivity contribution in [1.29, 1.82) is 0 Å². The second-order valence-corrected chi connectivity index (χ2v) is 8.69. The molecule has 0 bridgehead atoms. The second kappa shape index (κ2) is 8.52. The summed E-state index contributed by atoms with van der Waals surface area (Å²) in [4.78, 5) is 31.3. The Hall–Kier alpha value is -2.08. The van der Waals surface area contributed by atoms with Gasteiger partial charge in [0.25, 0.3) is 0 Å². The first-order valence-corrected chi connectivity index (χ1v) is 10.7. The minimum atomic E-state index is -0.0856. The molecule has 4 rings (SSSR count). The minimum absolute atomic E-state index is 0.0856. The summed E-state index contributed by atoms with van der Waals surface area (Å²) in [6.07, 6.45) is 7.96. The predicted octanol–water partition coefficient (Wildman–Crippen LogP) is 3.02. The molecule has 2 heterocycles. The molecule has 1 aromatic carbocycles. The summed E-state index contributed by atoms with van der Waals surface area (Å²) in [5.74, 6) is 0.221. The molecule has 2 aliphatic heterocycles. The van der Waals surface area contributed by atoms with E-state index in [9.17, 15) is 9.59 Å². The Labute approximate surface area is 167 Å². The first-order valence-electron chi connectivity index (χ1n) is 10.7. The quantitative estimate of drug-likeness (QED) is 0.872. The number of nitrogens with one attached hydrogen (secondary N) is 1. The van der Waals surface area contributed by atoms with Crippen molar-refractivity contribution < 1.29 is 9.59 Å². The van der Waals surface area contributed by atoms with Crippen molar-refractivity contribution >= 4 is 17.6 Å². The molecular weight excluding hydrogens is 352 g/mol. The first-order chi connectivity index (χ1) is 13.6. The standard InChI is InChI=1S/C22H32N4O2/c27-20(17-24-12-6-11-22(18-24)9-4-5-10-22)25-13-15-26(16-14-25)21(28)23-19-7-2-1-3-8-19/h1-3,7-8H,4-6,9-18H2,(H,23,28). The largest absolute Gasteiger partial charge is 0.338 e. The molecule has 1 saturated carbocycles. The van der Waals surface area contributed by atoms with Crippen molar-refractivity contribution in [3.63, 3.8) is 0 Å². The summed E-state index contributed by atoms with van der Waals surface area (Å²) < 4.78 is 0. The lowest BCUT2D eigenvalue weighted by molar-refractivity contribution is -0.134. The summed E-state index contributed by atoms with van der Waals surface area (Å²) in [6.45, 7) is 5.12. The van der Waals surface area contributed by atoms with Crippen LogP contribution in [0, 0.1) is 5.41 Å². The molecular formula is C22H32N4O2. The summed E-state index contributed by atoms with van der Waals surface area (Å²) in [5, 5.41) is 2.92. The monoisotopic (exact) mass is 384 g/mol. The van der Waals surface area contributed by atoms with E-state index in [-0.39, 0.29) is 11.9 Å². The van der Waals surface area contributed by atoms with Crippen LogP contribution >= 0.6 is 0 Å². The van der Waals surface area contributed by atoms with E-state index in [1.807, 2.05) is 35.2 Å². The molecule has 2 saturated heterocycles. The molecule has 3 amide bonds. The number of para-hydroxylation sites is 1. The van der Waals surface area contributed by atoms with Crippen LogP contribution in [0.25, 0.3) is 0 Å². The average Bonchev–Trinajstić information content (AvgIpc) is 3.16. The number of piperazine rings is 1. The van der Waals surface area contributed by atoms with E-state index in [4.69, 9.17) is 0 Å². The number of hydrogen-bond donors (Lipinski definition) is 1. The van der Waals surface area contributed by atoms with Crippen LogP contribution in [0.4, 0.5) is 10.5 Å². The Morgan fingerprint density at radius 3 is 2.21 bits per heavy atom. The zero-order chi connectivity index (χ0) is 19.4. The molecule has 1 spiro atoms. The van der Waals surface area contributed by atoms with Crippen LogP contribution in [0.1, 0.15) is 38.5 Å². The zero-order valence-corrected chi connectivity index (χ0v) is 16.7. The van der Waals surface area contributed by atoms with E-state index in [1.165, 1.54) is 38.5 Å². The smallest absolute Gasteiger partial charge is 0.321 e. The van der Waals surface area contributed by atoms with Gasteiger partial charge >= 0.3 is 6.03 Å². The highest BCUT2D eigenvalue weighted by Gasteiger charge is 2.38. The lowest BCUT2D eigenvalue weighted by atomic mass is 9.78. The Morgan fingerprint density at radius 1 is 0.857 bits per heavy atom. The number of piperidine rings is 1. The molecule has 28 heavy (non-hydrogen) atoms. The van der Waals surface area contributed by atoms with E-state index in [0.717, 1.165) is 18.8 Å². The number of rotatable bonds is 3. The minimum Gasteiger partial charge on any atom is -0.338 e.